The third kappa shape index (κ3) is 12.1. The van der Waals surface area contributed by atoms with E-state index in [1.807, 2.05) is 12.1 Å². The summed E-state index contributed by atoms with van der Waals surface area (Å²) in [6, 6.07) is 7.30. The van der Waals surface area contributed by atoms with Crippen molar-refractivity contribution in [2.24, 2.45) is 0 Å². The predicted molar refractivity (Wildman–Crippen MR) is 98.8 cm³/mol. The van der Waals surface area contributed by atoms with Crippen LogP contribution < -0.4 is 0 Å². The van der Waals surface area contributed by atoms with Crippen molar-refractivity contribution in [1.82, 2.24) is 0 Å². The summed E-state index contributed by atoms with van der Waals surface area (Å²) >= 11 is 0. The summed E-state index contributed by atoms with van der Waals surface area (Å²) in [7, 11) is 0. The molecule has 2 nitrogen and oxygen atoms in total. The maximum absolute atomic E-state index is 9.37. The summed E-state index contributed by atoms with van der Waals surface area (Å²) in [5.74, 6) is 0.316. The van der Waals surface area contributed by atoms with E-state index in [1.54, 1.807) is 12.1 Å². The largest absolute Gasteiger partial charge is 0.508 e. The minimum Gasteiger partial charge on any atom is -0.508 e. The Bertz CT molecular complexity index is 376. The number of phenolic OH excluding ortho intramolecular Hbond substituents is 1. The van der Waals surface area contributed by atoms with Gasteiger partial charge in [-0.15, -0.1) is 0 Å². The molecule has 23 heavy (non-hydrogen) atoms. The lowest BCUT2D eigenvalue weighted by Gasteiger charge is -2.05. The van der Waals surface area contributed by atoms with Crippen molar-refractivity contribution in [3.05, 3.63) is 29.8 Å². The predicted octanol–water partition coefficient (Wildman–Crippen LogP) is 6.61. The SMILES string of the molecule is CCCCCCCCCCCCCCOCc1cccc(O)c1. The van der Waals surface area contributed by atoms with Gasteiger partial charge in [0, 0.05) is 6.61 Å². The maximum Gasteiger partial charge on any atom is 0.115 e. The molecule has 1 rings (SSSR count). The van der Waals surface area contributed by atoms with Crippen LogP contribution in [0.4, 0.5) is 0 Å². The van der Waals surface area contributed by atoms with E-state index < -0.39 is 0 Å². The van der Waals surface area contributed by atoms with Crippen molar-refractivity contribution in [3.8, 4) is 5.75 Å². The average molecular weight is 321 g/mol. The molecule has 1 N–H and O–H groups in total. The van der Waals surface area contributed by atoms with Gasteiger partial charge in [0.25, 0.3) is 0 Å². The summed E-state index contributed by atoms with van der Waals surface area (Å²) in [6.45, 7) is 3.71. The van der Waals surface area contributed by atoms with E-state index in [4.69, 9.17) is 4.74 Å². The summed E-state index contributed by atoms with van der Waals surface area (Å²) in [5, 5.41) is 9.37. The van der Waals surface area contributed by atoms with Gasteiger partial charge >= 0.3 is 0 Å². The first-order chi connectivity index (χ1) is 11.3. The van der Waals surface area contributed by atoms with Crippen LogP contribution in [0.25, 0.3) is 0 Å². The van der Waals surface area contributed by atoms with Gasteiger partial charge in [-0.1, -0.05) is 89.7 Å². The highest BCUT2D eigenvalue weighted by Crippen LogP contribution is 2.13. The first-order valence-electron chi connectivity index (χ1n) is 9.68. The molecule has 0 atom stereocenters. The zero-order valence-electron chi connectivity index (χ0n) is 15.1. The van der Waals surface area contributed by atoms with Crippen LogP contribution in [0.2, 0.25) is 0 Å². The van der Waals surface area contributed by atoms with Gasteiger partial charge in [-0.05, 0) is 24.1 Å². The Labute approximate surface area is 143 Å². The highest BCUT2D eigenvalue weighted by molar-refractivity contribution is 5.26. The number of ether oxygens (including phenoxy) is 1. The smallest absolute Gasteiger partial charge is 0.115 e. The Morgan fingerprint density at radius 3 is 1.91 bits per heavy atom. The Hall–Kier alpha value is -1.02. The molecule has 0 unspecified atom stereocenters. The molecular weight excluding hydrogens is 284 g/mol. The number of rotatable bonds is 15. The molecule has 132 valence electrons. The molecule has 1 aromatic carbocycles. The fourth-order valence-electron chi connectivity index (χ4n) is 2.88. The molecule has 0 aromatic heterocycles. The van der Waals surface area contributed by atoms with Gasteiger partial charge in [0.1, 0.15) is 5.75 Å². The number of hydrogen-bond acceptors (Lipinski definition) is 2. The molecule has 0 saturated heterocycles. The molecule has 0 aliphatic rings. The topological polar surface area (TPSA) is 29.5 Å². The van der Waals surface area contributed by atoms with Crippen LogP contribution in [0.1, 0.15) is 89.5 Å². The van der Waals surface area contributed by atoms with Crippen molar-refractivity contribution in [3.63, 3.8) is 0 Å². The number of unbranched alkanes of at least 4 members (excludes halogenated alkanes) is 11. The summed E-state index contributed by atoms with van der Waals surface area (Å²) < 4.78 is 5.66. The Balaban J connectivity index is 1.78. The van der Waals surface area contributed by atoms with Crippen LogP contribution in [0, 0.1) is 0 Å². The molecule has 0 radical (unpaired) electrons. The Morgan fingerprint density at radius 1 is 0.783 bits per heavy atom. The first-order valence-corrected chi connectivity index (χ1v) is 9.68. The maximum atomic E-state index is 9.37. The van der Waals surface area contributed by atoms with Crippen molar-refractivity contribution in [2.45, 2.75) is 90.6 Å². The van der Waals surface area contributed by atoms with Gasteiger partial charge in [-0.25, -0.2) is 0 Å². The molecule has 0 aliphatic carbocycles. The lowest BCUT2D eigenvalue weighted by molar-refractivity contribution is 0.116. The average Bonchev–Trinajstić information content (AvgIpc) is 2.55. The zero-order chi connectivity index (χ0) is 16.6. The molecule has 0 fully saturated rings. The highest BCUT2D eigenvalue weighted by Gasteiger charge is 1.96. The first kappa shape index (κ1) is 20.0. The van der Waals surface area contributed by atoms with E-state index in [-0.39, 0.29) is 0 Å². The fourth-order valence-corrected chi connectivity index (χ4v) is 2.88. The number of phenols is 1. The van der Waals surface area contributed by atoms with Gasteiger partial charge in [0.2, 0.25) is 0 Å². The van der Waals surface area contributed by atoms with Crippen LogP contribution in [0.5, 0.6) is 5.75 Å². The zero-order valence-corrected chi connectivity index (χ0v) is 15.1. The van der Waals surface area contributed by atoms with Crippen molar-refractivity contribution in [2.75, 3.05) is 6.61 Å². The Kier molecular flexibility index (Phi) is 12.7. The van der Waals surface area contributed by atoms with E-state index in [9.17, 15) is 5.11 Å². The fraction of sp³-hybridized carbons (Fsp3) is 0.714. The highest BCUT2D eigenvalue weighted by atomic mass is 16.5. The van der Waals surface area contributed by atoms with E-state index in [0.29, 0.717) is 12.4 Å². The minimum atomic E-state index is 0.316. The molecule has 0 bridgehead atoms. The van der Waals surface area contributed by atoms with Gasteiger partial charge < -0.3 is 9.84 Å². The quantitative estimate of drug-likeness (QED) is 0.368. The van der Waals surface area contributed by atoms with Gasteiger partial charge in [-0.2, -0.15) is 0 Å². The minimum absolute atomic E-state index is 0.316. The number of hydrogen-bond donors (Lipinski definition) is 1. The number of aromatic hydroxyl groups is 1. The summed E-state index contributed by atoms with van der Waals surface area (Å²) in [5.41, 5.74) is 1.05. The van der Waals surface area contributed by atoms with E-state index in [2.05, 4.69) is 6.92 Å². The van der Waals surface area contributed by atoms with Crippen LogP contribution >= 0.6 is 0 Å². The second-order valence-electron chi connectivity index (χ2n) is 6.61. The third-order valence-corrected chi connectivity index (χ3v) is 4.32. The summed E-state index contributed by atoms with van der Waals surface area (Å²) in [4.78, 5) is 0. The summed E-state index contributed by atoms with van der Waals surface area (Å²) in [6.07, 6.45) is 16.4. The molecule has 1 aromatic rings. The van der Waals surface area contributed by atoms with Gasteiger partial charge in [-0.3, -0.25) is 0 Å². The molecule has 0 spiro atoms. The number of benzene rings is 1. The Morgan fingerprint density at radius 2 is 1.35 bits per heavy atom. The standard InChI is InChI=1S/C21H36O2/c1-2-3-4-5-6-7-8-9-10-11-12-13-17-23-19-20-15-14-16-21(22)18-20/h14-16,18,22H,2-13,17,19H2,1H3. The molecule has 0 heterocycles. The van der Waals surface area contributed by atoms with E-state index >= 15 is 0 Å². The third-order valence-electron chi connectivity index (χ3n) is 4.32. The van der Waals surface area contributed by atoms with Crippen molar-refractivity contribution in [1.29, 1.82) is 0 Å². The van der Waals surface area contributed by atoms with Crippen LogP contribution in [-0.2, 0) is 11.3 Å². The molecule has 2 heteroatoms. The van der Waals surface area contributed by atoms with E-state index in [0.717, 1.165) is 18.6 Å². The van der Waals surface area contributed by atoms with Crippen molar-refractivity contribution >= 4 is 0 Å². The second kappa shape index (κ2) is 14.6. The molecular formula is C21H36O2. The van der Waals surface area contributed by atoms with Crippen LogP contribution in [-0.4, -0.2) is 11.7 Å². The van der Waals surface area contributed by atoms with Gasteiger partial charge in [0.15, 0.2) is 0 Å². The lowest BCUT2D eigenvalue weighted by Crippen LogP contribution is -1.95. The second-order valence-corrected chi connectivity index (χ2v) is 6.61. The van der Waals surface area contributed by atoms with Gasteiger partial charge in [0.05, 0.1) is 6.61 Å². The molecule has 0 saturated carbocycles. The molecule has 0 aliphatic heterocycles. The lowest BCUT2D eigenvalue weighted by atomic mass is 10.1. The van der Waals surface area contributed by atoms with Crippen LogP contribution in [0.15, 0.2) is 24.3 Å². The van der Waals surface area contributed by atoms with E-state index in [1.165, 1.54) is 70.6 Å². The normalized spacial score (nSPS) is 11.0. The monoisotopic (exact) mass is 320 g/mol. The molecule has 0 amide bonds. The van der Waals surface area contributed by atoms with Crippen molar-refractivity contribution < 1.29 is 9.84 Å². The van der Waals surface area contributed by atoms with Crippen LogP contribution in [0.3, 0.4) is 0 Å².